The molecular formula is C14H21FN2O. The summed E-state index contributed by atoms with van der Waals surface area (Å²) in [5.74, 6) is -0.396. The Kier molecular flexibility index (Phi) is 5.28. The van der Waals surface area contributed by atoms with E-state index in [1.165, 1.54) is 12.1 Å². The predicted octanol–water partition coefficient (Wildman–Crippen LogP) is 2.23. The van der Waals surface area contributed by atoms with Gasteiger partial charge in [-0.2, -0.15) is 0 Å². The van der Waals surface area contributed by atoms with E-state index in [1.54, 1.807) is 12.1 Å². The molecule has 0 aromatic heterocycles. The molecule has 18 heavy (non-hydrogen) atoms. The first-order valence-electron chi connectivity index (χ1n) is 6.21. The number of hydrogen-bond donors (Lipinski definition) is 2. The van der Waals surface area contributed by atoms with Gasteiger partial charge in [0.2, 0.25) is 5.91 Å². The number of carbonyl (C=O) groups excluding carboxylic acids is 1. The zero-order valence-electron chi connectivity index (χ0n) is 11.1. The number of amides is 1. The maximum Gasteiger partial charge on any atom is 0.225 e. The van der Waals surface area contributed by atoms with Gasteiger partial charge in [0, 0.05) is 6.54 Å². The summed E-state index contributed by atoms with van der Waals surface area (Å²) in [7, 11) is 0. The lowest BCUT2D eigenvalue weighted by Gasteiger charge is -2.22. The Hall–Kier alpha value is -1.42. The first-order chi connectivity index (χ1) is 8.45. The van der Waals surface area contributed by atoms with Crippen molar-refractivity contribution in [2.75, 3.05) is 6.54 Å². The molecule has 3 N–H and O–H groups in total. The van der Waals surface area contributed by atoms with E-state index in [2.05, 4.69) is 5.32 Å². The number of benzene rings is 1. The lowest BCUT2D eigenvalue weighted by molar-refractivity contribution is -0.126. The van der Waals surface area contributed by atoms with Crippen LogP contribution in [0.1, 0.15) is 32.4 Å². The van der Waals surface area contributed by atoms with E-state index >= 15 is 0 Å². The van der Waals surface area contributed by atoms with E-state index in [0.717, 1.165) is 5.56 Å². The molecule has 1 unspecified atom stereocenters. The fourth-order valence-electron chi connectivity index (χ4n) is 1.86. The monoisotopic (exact) mass is 252 g/mol. The predicted molar refractivity (Wildman–Crippen MR) is 70.3 cm³/mol. The Bertz CT molecular complexity index is 407. The molecule has 100 valence electrons. The van der Waals surface area contributed by atoms with Crippen molar-refractivity contribution in [2.24, 2.45) is 17.6 Å². The molecule has 0 fully saturated rings. The molecule has 0 saturated heterocycles. The zero-order valence-corrected chi connectivity index (χ0v) is 11.1. The molecule has 2 atom stereocenters. The van der Waals surface area contributed by atoms with Gasteiger partial charge in [-0.1, -0.05) is 26.0 Å². The smallest absolute Gasteiger partial charge is 0.225 e. The standard InChI is InChI=1S/C14H21FN2O/c1-9(2)13(8-16)14(18)17-10(3)11-5-4-6-12(15)7-11/h4-7,9-10,13H,8,16H2,1-3H3,(H,17,18)/t10-,13?/m1/s1. The van der Waals surface area contributed by atoms with Crippen LogP contribution < -0.4 is 11.1 Å². The molecule has 1 rings (SSSR count). The summed E-state index contributed by atoms with van der Waals surface area (Å²) in [4.78, 5) is 12.0. The topological polar surface area (TPSA) is 55.1 Å². The molecule has 0 spiro atoms. The number of nitrogens with two attached hydrogens (primary N) is 1. The van der Waals surface area contributed by atoms with Gasteiger partial charge in [0.1, 0.15) is 5.82 Å². The second-order valence-corrected chi connectivity index (χ2v) is 4.87. The molecule has 0 aliphatic heterocycles. The third kappa shape index (κ3) is 3.81. The summed E-state index contributed by atoms with van der Waals surface area (Å²) >= 11 is 0. The minimum atomic E-state index is -0.298. The Morgan fingerprint density at radius 2 is 2.06 bits per heavy atom. The van der Waals surface area contributed by atoms with Crippen LogP contribution in [0.15, 0.2) is 24.3 Å². The number of nitrogens with one attached hydrogen (secondary N) is 1. The third-order valence-corrected chi connectivity index (χ3v) is 3.10. The van der Waals surface area contributed by atoms with E-state index < -0.39 is 0 Å². The summed E-state index contributed by atoms with van der Waals surface area (Å²) < 4.78 is 13.1. The molecule has 1 aromatic carbocycles. The highest BCUT2D eigenvalue weighted by Crippen LogP contribution is 2.16. The minimum Gasteiger partial charge on any atom is -0.349 e. The maximum absolute atomic E-state index is 13.1. The van der Waals surface area contributed by atoms with Crippen LogP contribution in [0, 0.1) is 17.7 Å². The number of hydrogen-bond acceptors (Lipinski definition) is 2. The summed E-state index contributed by atoms with van der Waals surface area (Å²) in [6.07, 6.45) is 0. The van der Waals surface area contributed by atoms with Gasteiger partial charge in [-0.25, -0.2) is 4.39 Å². The highest BCUT2D eigenvalue weighted by atomic mass is 19.1. The Morgan fingerprint density at radius 1 is 1.39 bits per heavy atom. The fourth-order valence-corrected chi connectivity index (χ4v) is 1.86. The van der Waals surface area contributed by atoms with Gasteiger partial charge in [0.25, 0.3) is 0 Å². The van der Waals surface area contributed by atoms with Crippen LogP contribution in [0.3, 0.4) is 0 Å². The van der Waals surface area contributed by atoms with Crippen molar-refractivity contribution in [2.45, 2.75) is 26.8 Å². The Labute approximate surface area is 108 Å². The van der Waals surface area contributed by atoms with Crippen molar-refractivity contribution in [3.8, 4) is 0 Å². The molecule has 0 aliphatic rings. The van der Waals surface area contributed by atoms with E-state index in [4.69, 9.17) is 5.73 Å². The van der Waals surface area contributed by atoms with Gasteiger partial charge in [0.15, 0.2) is 0 Å². The average molecular weight is 252 g/mol. The first-order valence-corrected chi connectivity index (χ1v) is 6.21. The zero-order chi connectivity index (χ0) is 13.7. The lowest BCUT2D eigenvalue weighted by Crippen LogP contribution is -2.39. The quantitative estimate of drug-likeness (QED) is 0.844. The largest absolute Gasteiger partial charge is 0.349 e. The second kappa shape index (κ2) is 6.50. The van der Waals surface area contributed by atoms with Gasteiger partial charge in [-0.15, -0.1) is 0 Å². The summed E-state index contributed by atoms with van der Waals surface area (Å²) in [6, 6.07) is 6.02. The molecule has 0 saturated carbocycles. The van der Waals surface area contributed by atoms with Crippen LogP contribution in [-0.2, 0) is 4.79 Å². The molecule has 0 aliphatic carbocycles. The average Bonchev–Trinajstić information content (AvgIpc) is 2.29. The van der Waals surface area contributed by atoms with Crippen molar-refractivity contribution >= 4 is 5.91 Å². The van der Waals surface area contributed by atoms with Gasteiger partial charge in [0.05, 0.1) is 12.0 Å². The molecule has 3 nitrogen and oxygen atoms in total. The molecule has 0 heterocycles. The van der Waals surface area contributed by atoms with Crippen molar-refractivity contribution in [1.82, 2.24) is 5.32 Å². The normalized spacial score (nSPS) is 14.3. The molecular weight excluding hydrogens is 231 g/mol. The van der Waals surface area contributed by atoms with E-state index in [-0.39, 0.29) is 29.6 Å². The van der Waals surface area contributed by atoms with Crippen molar-refractivity contribution < 1.29 is 9.18 Å². The van der Waals surface area contributed by atoms with Gasteiger partial charge < -0.3 is 11.1 Å². The maximum atomic E-state index is 13.1. The van der Waals surface area contributed by atoms with Gasteiger partial charge >= 0.3 is 0 Å². The van der Waals surface area contributed by atoms with Crippen molar-refractivity contribution in [3.63, 3.8) is 0 Å². The molecule has 0 radical (unpaired) electrons. The number of rotatable bonds is 5. The summed E-state index contributed by atoms with van der Waals surface area (Å²) in [5.41, 5.74) is 6.34. The van der Waals surface area contributed by atoms with Crippen molar-refractivity contribution in [1.29, 1.82) is 0 Å². The fraction of sp³-hybridized carbons (Fsp3) is 0.500. The van der Waals surface area contributed by atoms with Gasteiger partial charge in [-0.3, -0.25) is 4.79 Å². The molecule has 0 bridgehead atoms. The minimum absolute atomic E-state index is 0.0794. The van der Waals surface area contributed by atoms with E-state index in [0.29, 0.717) is 6.54 Å². The van der Waals surface area contributed by atoms with Crippen LogP contribution >= 0.6 is 0 Å². The second-order valence-electron chi connectivity index (χ2n) is 4.87. The van der Waals surface area contributed by atoms with Crippen molar-refractivity contribution in [3.05, 3.63) is 35.6 Å². The molecule has 4 heteroatoms. The van der Waals surface area contributed by atoms with E-state index in [1.807, 2.05) is 20.8 Å². The van der Waals surface area contributed by atoms with Crippen LogP contribution in [0.4, 0.5) is 4.39 Å². The van der Waals surface area contributed by atoms with Crippen LogP contribution in [-0.4, -0.2) is 12.5 Å². The van der Waals surface area contributed by atoms with Crippen LogP contribution in [0.5, 0.6) is 0 Å². The van der Waals surface area contributed by atoms with E-state index in [9.17, 15) is 9.18 Å². The molecule has 1 amide bonds. The van der Waals surface area contributed by atoms with Crippen LogP contribution in [0.2, 0.25) is 0 Å². The number of carbonyl (C=O) groups is 1. The van der Waals surface area contributed by atoms with Gasteiger partial charge in [-0.05, 0) is 30.5 Å². The first kappa shape index (κ1) is 14.6. The third-order valence-electron chi connectivity index (χ3n) is 3.10. The number of halogens is 1. The highest BCUT2D eigenvalue weighted by molar-refractivity contribution is 5.79. The lowest BCUT2D eigenvalue weighted by atomic mass is 9.94. The highest BCUT2D eigenvalue weighted by Gasteiger charge is 2.22. The summed E-state index contributed by atoms with van der Waals surface area (Å²) in [6.45, 7) is 6.08. The SMILES string of the molecule is CC(C)C(CN)C(=O)N[C@H](C)c1cccc(F)c1. The molecule has 1 aromatic rings. The Balaban J connectivity index is 2.70. The van der Waals surface area contributed by atoms with Crippen LogP contribution in [0.25, 0.3) is 0 Å². The Morgan fingerprint density at radius 3 is 2.56 bits per heavy atom. The summed E-state index contributed by atoms with van der Waals surface area (Å²) in [5, 5.41) is 2.87.